The lowest BCUT2D eigenvalue weighted by molar-refractivity contribution is 0.102. The van der Waals surface area contributed by atoms with Crippen LogP contribution in [0.3, 0.4) is 0 Å². The normalized spacial score (nSPS) is 9.71. The third-order valence-corrected chi connectivity index (χ3v) is 2.79. The minimum Gasteiger partial charge on any atom is -0.370 e. The summed E-state index contributed by atoms with van der Waals surface area (Å²) >= 11 is 0. The van der Waals surface area contributed by atoms with Gasteiger partial charge in [-0.2, -0.15) is 5.26 Å². The summed E-state index contributed by atoms with van der Waals surface area (Å²) in [6, 6.07) is 14.1. The van der Waals surface area contributed by atoms with Gasteiger partial charge in [0.1, 0.15) is 11.5 Å². The number of nitriles is 1. The number of carbonyl (C=O) groups excluding carboxylic acids is 1. The Morgan fingerprint density at radius 1 is 1.29 bits per heavy atom. The van der Waals surface area contributed by atoms with Crippen LogP contribution in [-0.4, -0.2) is 17.4 Å². The zero-order chi connectivity index (χ0) is 15.1. The van der Waals surface area contributed by atoms with Crippen LogP contribution in [0.5, 0.6) is 0 Å². The Labute approximate surface area is 123 Å². The molecule has 0 aliphatic rings. The Hall–Kier alpha value is -2.87. The molecule has 21 heavy (non-hydrogen) atoms. The van der Waals surface area contributed by atoms with Crippen molar-refractivity contribution >= 4 is 17.4 Å². The number of benzene rings is 1. The Kier molecular flexibility index (Phi) is 4.89. The average molecular weight is 280 g/mol. The molecule has 2 aromatic rings. The van der Waals surface area contributed by atoms with Crippen molar-refractivity contribution in [2.45, 2.75) is 13.3 Å². The van der Waals surface area contributed by atoms with Crippen LogP contribution < -0.4 is 10.6 Å². The molecule has 0 radical (unpaired) electrons. The maximum Gasteiger partial charge on any atom is 0.274 e. The lowest BCUT2D eigenvalue weighted by Crippen LogP contribution is -2.14. The van der Waals surface area contributed by atoms with Crippen LogP contribution in [0.25, 0.3) is 0 Å². The number of rotatable bonds is 5. The van der Waals surface area contributed by atoms with Crippen LogP contribution in [0.15, 0.2) is 42.5 Å². The SMILES string of the molecule is CCCNc1cccc(C(=O)Nc2cccc(C#N)c2)n1. The fraction of sp³-hybridized carbons (Fsp3) is 0.188. The average Bonchev–Trinajstić information content (AvgIpc) is 2.53. The molecule has 0 spiro atoms. The molecule has 5 heteroatoms. The Morgan fingerprint density at radius 3 is 2.86 bits per heavy atom. The Balaban J connectivity index is 2.11. The van der Waals surface area contributed by atoms with Crippen molar-refractivity contribution in [3.8, 4) is 6.07 Å². The second-order valence-electron chi connectivity index (χ2n) is 4.48. The van der Waals surface area contributed by atoms with Crippen LogP contribution in [-0.2, 0) is 0 Å². The van der Waals surface area contributed by atoms with Crippen LogP contribution in [0.2, 0.25) is 0 Å². The van der Waals surface area contributed by atoms with Crippen molar-refractivity contribution in [1.29, 1.82) is 5.26 Å². The molecule has 106 valence electrons. The highest BCUT2D eigenvalue weighted by atomic mass is 16.1. The molecule has 0 saturated heterocycles. The summed E-state index contributed by atoms with van der Waals surface area (Å²) in [6.07, 6.45) is 0.985. The van der Waals surface area contributed by atoms with Crippen molar-refractivity contribution in [2.75, 3.05) is 17.2 Å². The maximum absolute atomic E-state index is 12.2. The highest BCUT2D eigenvalue weighted by molar-refractivity contribution is 6.03. The Morgan fingerprint density at radius 2 is 2.10 bits per heavy atom. The maximum atomic E-state index is 12.2. The van der Waals surface area contributed by atoms with Gasteiger partial charge >= 0.3 is 0 Å². The zero-order valence-corrected chi connectivity index (χ0v) is 11.8. The number of nitrogens with zero attached hydrogens (tertiary/aromatic N) is 2. The minimum atomic E-state index is -0.301. The number of carbonyl (C=O) groups is 1. The van der Waals surface area contributed by atoms with Crippen LogP contribution in [0.4, 0.5) is 11.5 Å². The summed E-state index contributed by atoms with van der Waals surface area (Å²) in [5.41, 5.74) is 1.41. The molecule has 0 atom stereocenters. The number of aromatic nitrogens is 1. The summed E-state index contributed by atoms with van der Waals surface area (Å²) in [5, 5.41) is 14.7. The molecule has 1 amide bonds. The molecule has 0 saturated carbocycles. The van der Waals surface area contributed by atoms with Crippen molar-refractivity contribution < 1.29 is 4.79 Å². The molecule has 0 bridgehead atoms. The highest BCUT2D eigenvalue weighted by Crippen LogP contribution is 2.12. The van der Waals surface area contributed by atoms with E-state index in [2.05, 4.69) is 22.5 Å². The first-order valence-corrected chi connectivity index (χ1v) is 6.75. The molecule has 0 fully saturated rings. The monoisotopic (exact) mass is 280 g/mol. The van der Waals surface area contributed by atoms with E-state index in [0.717, 1.165) is 13.0 Å². The molecule has 0 aliphatic heterocycles. The predicted molar refractivity (Wildman–Crippen MR) is 82.1 cm³/mol. The lowest BCUT2D eigenvalue weighted by atomic mass is 10.2. The van der Waals surface area contributed by atoms with Gasteiger partial charge in [0.25, 0.3) is 5.91 Å². The van der Waals surface area contributed by atoms with Crippen molar-refractivity contribution in [3.05, 3.63) is 53.7 Å². The molecule has 5 nitrogen and oxygen atoms in total. The molecule has 0 aliphatic carbocycles. The van der Waals surface area contributed by atoms with Crippen LogP contribution >= 0.6 is 0 Å². The van der Waals surface area contributed by atoms with E-state index in [4.69, 9.17) is 5.26 Å². The second-order valence-corrected chi connectivity index (χ2v) is 4.48. The third kappa shape index (κ3) is 4.05. The standard InChI is InChI=1S/C16H16N4O/c1-2-9-18-15-8-4-7-14(20-15)16(21)19-13-6-3-5-12(10-13)11-17/h3-8,10H,2,9H2,1H3,(H,18,20)(H,19,21). The molecule has 1 aromatic heterocycles. The van der Waals surface area contributed by atoms with Gasteiger partial charge in [-0.25, -0.2) is 4.98 Å². The van der Waals surface area contributed by atoms with Crippen molar-refractivity contribution in [3.63, 3.8) is 0 Å². The molecular formula is C16H16N4O. The first-order valence-electron chi connectivity index (χ1n) is 6.75. The van der Waals surface area contributed by atoms with E-state index in [1.54, 1.807) is 36.4 Å². The van der Waals surface area contributed by atoms with E-state index in [0.29, 0.717) is 22.8 Å². The fourth-order valence-corrected chi connectivity index (χ4v) is 1.77. The minimum absolute atomic E-state index is 0.301. The topological polar surface area (TPSA) is 77.8 Å². The largest absolute Gasteiger partial charge is 0.370 e. The smallest absolute Gasteiger partial charge is 0.274 e. The van der Waals surface area contributed by atoms with E-state index in [-0.39, 0.29) is 5.91 Å². The molecule has 1 aromatic carbocycles. The van der Waals surface area contributed by atoms with Gasteiger partial charge in [-0.1, -0.05) is 19.1 Å². The van der Waals surface area contributed by atoms with Gasteiger partial charge in [-0.05, 0) is 36.8 Å². The van der Waals surface area contributed by atoms with E-state index in [1.807, 2.05) is 12.1 Å². The Bertz CT molecular complexity index is 676. The summed E-state index contributed by atoms with van der Waals surface area (Å²) < 4.78 is 0. The molecule has 0 unspecified atom stereocenters. The molecular weight excluding hydrogens is 264 g/mol. The van der Waals surface area contributed by atoms with E-state index < -0.39 is 0 Å². The van der Waals surface area contributed by atoms with Gasteiger partial charge in [0, 0.05) is 12.2 Å². The number of hydrogen-bond acceptors (Lipinski definition) is 4. The summed E-state index contributed by atoms with van der Waals surface area (Å²) in [7, 11) is 0. The zero-order valence-electron chi connectivity index (χ0n) is 11.8. The van der Waals surface area contributed by atoms with E-state index in [1.165, 1.54) is 0 Å². The summed E-state index contributed by atoms with van der Waals surface area (Å²) in [5.74, 6) is 0.375. The van der Waals surface area contributed by atoms with E-state index in [9.17, 15) is 4.79 Å². The molecule has 2 rings (SSSR count). The van der Waals surface area contributed by atoms with Gasteiger partial charge < -0.3 is 10.6 Å². The number of amides is 1. The van der Waals surface area contributed by atoms with Gasteiger partial charge in [-0.15, -0.1) is 0 Å². The number of hydrogen-bond donors (Lipinski definition) is 2. The van der Waals surface area contributed by atoms with Crippen molar-refractivity contribution in [1.82, 2.24) is 4.98 Å². The summed E-state index contributed by atoms with van der Waals surface area (Å²) in [4.78, 5) is 16.4. The quantitative estimate of drug-likeness (QED) is 0.882. The summed E-state index contributed by atoms with van der Waals surface area (Å²) in [6.45, 7) is 2.87. The predicted octanol–water partition coefficient (Wildman–Crippen LogP) is 3.03. The third-order valence-electron chi connectivity index (χ3n) is 2.79. The molecule has 2 N–H and O–H groups in total. The molecule has 1 heterocycles. The van der Waals surface area contributed by atoms with Gasteiger partial charge in [0.15, 0.2) is 0 Å². The van der Waals surface area contributed by atoms with Gasteiger partial charge in [0.2, 0.25) is 0 Å². The van der Waals surface area contributed by atoms with Crippen molar-refractivity contribution in [2.24, 2.45) is 0 Å². The van der Waals surface area contributed by atoms with Gasteiger partial charge in [-0.3, -0.25) is 4.79 Å². The fourth-order valence-electron chi connectivity index (χ4n) is 1.77. The number of anilines is 2. The second kappa shape index (κ2) is 7.06. The van der Waals surface area contributed by atoms with Crippen LogP contribution in [0.1, 0.15) is 29.4 Å². The lowest BCUT2D eigenvalue weighted by Gasteiger charge is -2.07. The number of nitrogens with one attached hydrogen (secondary N) is 2. The first-order chi connectivity index (χ1) is 10.2. The first kappa shape index (κ1) is 14.5. The van der Waals surface area contributed by atoms with Gasteiger partial charge in [0.05, 0.1) is 11.6 Å². The van der Waals surface area contributed by atoms with E-state index >= 15 is 0 Å². The highest BCUT2D eigenvalue weighted by Gasteiger charge is 2.08. The number of pyridine rings is 1. The van der Waals surface area contributed by atoms with Crippen LogP contribution in [0, 0.1) is 11.3 Å².